The summed E-state index contributed by atoms with van der Waals surface area (Å²) in [5.41, 5.74) is 1.92. The Balaban J connectivity index is 1.65. The molecule has 0 atom stereocenters. The number of rotatable bonds is 6. The zero-order valence-electron chi connectivity index (χ0n) is 15.8. The van der Waals surface area contributed by atoms with Gasteiger partial charge in [-0.2, -0.15) is 10.2 Å². The van der Waals surface area contributed by atoms with E-state index in [0.29, 0.717) is 17.7 Å². The highest BCUT2D eigenvalue weighted by Gasteiger charge is 2.19. The molecule has 1 saturated carbocycles. The van der Waals surface area contributed by atoms with Crippen LogP contribution in [0.2, 0.25) is 0 Å². The molecule has 0 N–H and O–H groups in total. The molecule has 140 valence electrons. The van der Waals surface area contributed by atoms with Crippen molar-refractivity contribution in [1.82, 2.24) is 10.2 Å². The highest BCUT2D eigenvalue weighted by molar-refractivity contribution is 5.60. The average Bonchev–Trinajstić information content (AvgIpc) is 2.66. The molecule has 0 bridgehead atoms. The van der Waals surface area contributed by atoms with E-state index in [4.69, 9.17) is 0 Å². The molecule has 0 amide bonds. The highest BCUT2D eigenvalue weighted by Crippen LogP contribution is 2.31. The van der Waals surface area contributed by atoms with Gasteiger partial charge in [-0.1, -0.05) is 52.0 Å². The predicted molar refractivity (Wildman–Crippen MR) is 101 cm³/mol. The van der Waals surface area contributed by atoms with Crippen LogP contribution in [0.5, 0.6) is 0 Å². The van der Waals surface area contributed by atoms with Gasteiger partial charge in [-0.05, 0) is 54.9 Å². The number of nitrogens with zero attached hydrogens (tertiary/aromatic N) is 2. The number of benzene rings is 1. The molecule has 1 aliphatic rings. The topological polar surface area (TPSA) is 25.8 Å². The number of aromatic nitrogens is 2. The van der Waals surface area contributed by atoms with Gasteiger partial charge >= 0.3 is 0 Å². The van der Waals surface area contributed by atoms with Gasteiger partial charge in [-0.3, -0.25) is 0 Å². The molecule has 1 aliphatic carbocycles. The number of hydrogen-bond donors (Lipinski definition) is 0. The van der Waals surface area contributed by atoms with Gasteiger partial charge in [0, 0.05) is 5.56 Å². The molecule has 26 heavy (non-hydrogen) atoms. The first-order valence-corrected chi connectivity index (χ1v) is 9.88. The molecule has 0 unspecified atom stereocenters. The summed E-state index contributed by atoms with van der Waals surface area (Å²) in [4.78, 5) is 0. The third kappa shape index (κ3) is 4.46. The summed E-state index contributed by atoms with van der Waals surface area (Å²) >= 11 is 0. The van der Waals surface area contributed by atoms with Gasteiger partial charge < -0.3 is 0 Å². The Morgan fingerprint density at radius 3 is 2.35 bits per heavy atom. The van der Waals surface area contributed by atoms with E-state index in [1.165, 1.54) is 25.7 Å². The van der Waals surface area contributed by atoms with Crippen LogP contribution in [0.15, 0.2) is 24.3 Å². The molecule has 2 aromatic rings. The molecule has 2 nitrogen and oxygen atoms in total. The van der Waals surface area contributed by atoms with Gasteiger partial charge in [0.1, 0.15) is 0 Å². The molecular formula is C22H28F2N2. The first-order valence-electron chi connectivity index (χ1n) is 9.88. The molecule has 1 fully saturated rings. The minimum absolute atomic E-state index is 0.183. The van der Waals surface area contributed by atoms with Crippen molar-refractivity contribution in [1.29, 1.82) is 0 Å². The second-order valence-corrected chi connectivity index (χ2v) is 7.72. The van der Waals surface area contributed by atoms with Crippen molar-refractivity contribution in [3.8, 4) is 11.3 Å². The monoisotopic (exact) mass is 358 g/mol. The normalized spacial score (nSPS) is 20.3. The van der Waals surface area contributed by atoms with Crippen molar-refractivity contribution < 1.29 is 8.78 Å². The molecule has 0 radical (unpaired) electrons. The maximum absolute atomic E-state index is 14.4. The van der Waals surface area contributed by atoms with E-state index in [0.717, 1.165) is 36.8 Å². The van der Waals surface area contributed by atoms with Crippen molar-refractivity contribution in [2.75, 3.05) is 0 Å². The fourth-order valence-corrected chi connectivity index (χ4v) is 3.86. The molecule has 1 heterocycles. The van der Waals surface area contributed by atoms with Gasteiger partial charge in [0.05, 0.1) is 11.4 Å². The van der Waals surface area contributed by atoms with Crippen molar-refractivity contribution in [3.05, 3.63) is 47.2 Å². The maximum atomic E-state index is 14.4. The Hall–Kier alpha value is -1.84. The van der Waals surface area contributed by atoms with E-state index >= 15 is 0 Å². The van der Waals surface area contributed by atoms with Crippen LogP contribution in [0.1, 0.15) is 63.6 Å². The predicted octanol–water partition coefficient (Wildman–Crippen LogP) is 6.13. The van der Waals surface area contributed by atoms with Crippen LogP contribution in [0.4, 0.5) is 8.78 Å². The lowest BCUT2D eigenvalue weighted by atomic mass is 9.81. The minimum Gasteiger partial charge on any atom is -0.203 e. The van der Waals surface area contributed by atoms with Crippen LogP contribution in [-0.2, 0) is 12.8 Å². The van der Waals surface area contributed by atoms with Crippen LogP contribution in [-0.4, -0.2) is 10.2 Å². The van der Waals surface area contributed by atoms with Crippen molar-refractivity contribution in [2.24, 2.45) is 11.8 Å². The summed E-state index contributed by atoms with van der Waals surface area (Å²) in [5, 5.41) is 8.39. The summed E-state index contributed by atoms with van der Waals surface area (Å²) < 4.78 is 28.5. The van der Waals surface area contributed by atoms with Crippen molar-refractivity contribution >= 4 is 0 Å². The van der Waals surface area contributed by atoms with Crippen molar-refractivity contribution in [3.63, 3.8) is 0 Å². The Kier molecular flexibility index (Phi) is 6.33. The minimum atomic E-state index is -0.825. The second-order valence-electron chi connectivity index (χ2n) is 7.72. The largest absolute Gasteiger partial charge is 0.203 e. The van der Waals surface area contributed by atoms with E-state index in [-0.39, 0.29) is 5.56 Å². The summed E-state index contributed by atoms with van der Waals surface area (Å²) in [7, 11) is 0. The standard InChI is InChI=1S/C22H28F2N2/c1-3-4-17-10-13-19(22(24)21(17)23)20-14-12-18(25-26-20)11-9-16-7-5-15(2)6-8-16/h10,12-16H,3-9,11H2,1-2H3. The Morgan fingerprint density at radius 2 is 1.69 bits per heavy atom. The summed E-state index contributed by atoms with van der Waals surface area (Å²) in [6.45, 7) is 4.28. The van der Waals surface area contributed by atoms with E-state index in [1.54, 1.807) is 18.2 Å². The van der Waals surface area contributed by atoms with E-state index in [1.807, 2.05) is 13.0 Å². The summed E-state index contributed by atoms with van der Waals surface area (Å²) in [5.74, 6) is 0.0609. The number of aryl methyl sites for hydroxylation is 2. The average molecular weight is 358 g/mol. The SMILES string of the molecule is CCCc1ccc(-c2ccc(CCC3CCC(C)CC3)nn2)c(F)c1F. The smallest absolute Gasteiger partial charge is 0.168 e. The van der Waals surface area contributed by atoms with Crippen LogP contribution in [0, 0.1) is 23.5 Å². The fraction of sp³-hybridized carbons (Fsp3) is 0.545. The third-order valence-corrected chi connectivity index (χ3v) is 5.62. The third-order valence-electron chi connectivity index (χ3n) is 5.62. The van der Waals surface area contributed by atoms with E-state index in [2.05, 4.69) is 17.1 Å². The summed E-state index contributed by atoms with van der Waals surface area (Å²) in [6, 6.07) is 6.90. The van der Waals surface area contributed by atoms with E-state index in [9.17, 15) is 8.78 Å². The first-order chi connectivity index (χ1) is 12.6. The van der Waals surface area contributed by atoms with Crippen molar-refractivity contribution in [2.45, 2.75) is 65.2 Å². The molecule has 4 heteroatoms. The highest BCUT2D eigenvalue weighted by atomic mass is 19.2. The molecule has 1 aromatic carbocycles. The van der Waals surface area contributed by atoms with Crippen LogP contribution in [0.25, 0.3) is 11.3 Å². The Morgan fingerprint density at radius 1 is 0.923 bits per heavy atom. The number of hydrogen-bond acceptors (Lipinski definition) is 2. The second kappa shape index (κ2) is 8.70. The number of halogens is 2. The summed E-state index contributed by atoms with van der Waals surface area (Å²) in [6.07, 6.45) is 8.62. The van der Waals surface area contributed by atoms with Gasteiger partial charge in [-0.25, -0.2) is 8.78 Å². The molecule has 0 aliphatic heterocycles. The molecular weight excluding hydrogens is 330 g/mol. The lowest BCUT2D eigenvalue weighted by Gasteiger charge is -2.25. The zero-order valence-corrected chi connectivity index (χ0v) is 15.8. The fourth-order valence-electron chi connectivity index (χ4n) is 3.86. The molecule has 3 rings (SSSR count). The molecule has 0 spiro atoms. The first kappa shape index (κ1) is 18.9. The molecule has 0 saturated heterocycles. The quantitative estimate of drug-likeness (QED) is 0.620. The van der Waals surface area contributed by atoms with Crippen LogP contribution >= 0.6 is 0 Å². The van der Waals surface area contributed by atoms with Gasteiger partial charge in [-0.15, -0.1) is 0 Å². The Bertz CT molecular complexity index is 720. The van der Waals surface area contributed by atoms with E-state index < -0.39 is 11.6 Å². The maximum Gasteiger partial charge on any atom is 0.168 e. The van der Waals surface area contributed by atoms with Gasteiger partial charge in [0.15, 0.2) is 11.6 Å². The lowest BCUT2D eigenvalue weighted by Crippen LogP contribution is -2.13. The zero-order chi connectivity index (χ0) is 18.5. The lowest BCUT2D eigenvalue weighted by molar-refractivity contribution is 0.277. The van der Waals surface area contributed by atoms with Crippen LogP contribution in [0.3, 0.4) is 0 Å². The van der Waals surface area contributed by atoms with Crippen LogP contribution < -0.4 is 0 Å². The van der Waals surface area contributed by atoms with Gasteiger partial charge in [0.2, 0.25) is 0 Å². The Labute approximate surface area is 155 Å². The molecule has 1 aromatic heterocycles. The van der Waals surface area contributed by atoms with Gasteiger partial charge in [0.25, 0.3) is 0 Å².